The van der Waals surface area contributed by atoms with Crippen molar-refractivity contribution in [2.45, 2.75) is 32.9 Å². The molecule has 0 aliphatic carbocycles. The van der Waals surface area contributed by atoms with E-state index in [0.717, 1.165) is 63.5 Å². The summed E-state index contributed by atoms with van der Waals surface area (Å²) in [5.74, 6) is 0.860. The summed E-state index contributed by atoms with van der Waals surface area (Å²) in [5.41, 5.74) is 7.04. The van der Waals surface area contributed by atoms with E-state index in [1.807, 2.05) is 38.5 Å². The number of alkyl halides is 1. The molecule has 6 rings (SSSR count). The van der Waals surface area contributed by atoms with Crippen molar-refractivity contribution in [3.8, 4) is 16.8 Å². The van der Waals surface area contributed by atoms with Gasteiger partial charge in [0.2, 0.25) is 0 Å². The van der Waals surface area contributed by atoms with E-state index in [4.69, 9.17) is 9.72 Å². The highest BCUT2D eigenvalue weighted by atomic mass is 19.1. The fourth-order valence-corrected chi connectivity index (χ4v) is 5.66. The first-order valence-corrected chi connectivity index (χ1v) is 13.2. The molecule has 2 aromatic carbocycles. The van der Waals surface area contributed by atoms with Crippen molar-refractivity contribution in [3.63, 3.8) is 0 Å². The van der Waals surface area contributed by atoms with E-state index < -0.39 is 6.67 Å². The Morgan fingerprint density at radius 1 is 1.00 bits per heavy atom. The number of morpholine rings is 1. The molecule has 204 valence electrons. The number of halogens is 1. The van der Waals surface area contributed by atoms with Crippen molar-refractivity contribution in [2.24, 2.45) is 21.1 Å². The standard InChI is InChI=1S/C29H34FN7O2/c1-29(2,3)27-32-22-14-21(19-16-31-33(4)17-19)18(15-30)11-23(22)37(27)20-12-24-26(35(6)28(38)34(24)5)25(13-20)36-7-9-39-10-8-36/h11-14,16-17H,7-10,15H2,1-6H3. The van der Waals surface area contributed by atoms with E-state index >= 15 is 0 Å². The maximum atomic E-state index is 14.5. The van der Waals surface area contributed by atoms with Gasteiger partial charge >= 0.3 is 5.69 Å². The molecule has 0 spiro atoms. The van der Waals surface area contributed by atoms with Crippen LogP contribution < -0.4 is 10.6 Å². The molecule has 0 saturated carbocycles. The van der Waals surface area contributed by atoms with E-state index in [1.54, 1.807) is 27.1 Å². The van der Waals surface area contributed by atoms with E-state index in [1.165, 1.54) is 0 Å². The molecular formula is C29H34FN7O2. The van der Waals surface area contributed by atoms with E-state index in [0.29, 0.717) is 18.8 Å². The zero-order chi connectivity index (χ0) is 27.6. The molecule has 0 N–H and O–H groups in total. The minimum absolute atomic E-state index is 0.0796. The van der Waals surface area contributed by atoms with Crippen LogP contribution in [-0.2, 0) is 38.0 Å². The minimum Gasteiger partial charge on any atom is -0.378 e. The second kappa shape index (κ2) is 9.08. The van der Waals surface area contributed by atoms with Crippen LogP contribution in [0.3, 0.4) is 0 Å². The maximum Gasteiger partial charge on any atom is 0.328 e. The number of anilines is 1. The Morgan fingerprint density at radius 3 is 2.38 bits per heavy atom. The topological polar surface area (TPSA) is 75.0 Å². The van der Waals surface area contributed by atoms with Gasteiger partial charge in [-0.05, 0) is 35.4 Å². The van der Waals surface area contributed by atoms with Gasteiger partial charge in [0.05, 0.1) is 52.9 Å². The SMILES string of the molecule is Cn1cc(-c2cc3nc(C(C)(C)C)n(-c4cc(N5CCOCC5)c5c(c4)n(C)c(=O)n5C)c3cc2CF)cn1. The largest absolute Gasteiger partial charge is 0.378 e. The Balaban J connectivity index is 1.67. The van der Waals surface area contributed by atoms with Crippen LogP contribution in [-0.4, -0.2) is 54.8 Å². The molecule has 0 bridgehead atoms. The average molecular weight is 532 g/mol. The number of nitrogens with zero attached hydrogens (tertiary/aromatic N) is 7. The first-order valence-electron chi connectivity index (χ1n) is 13.2. The highest BCUT2D eigenvalue weighted by molar-refractivity contribution is 5.93. The zero-order valence-electron chi connectivity index (χ0n) is 23.3. The van der Waals surface area contributed by atoms with E-state index in [-0.39, 0.29) is 11.1 Å². The number of fused-ring (bicyclic) bond motifs is 2. The summed E-state index contributed by atoms with van der Waals surface area (Å²) in [6.45, 7) is 8.50. The van der Waals surface area contributed by atoms with Gasteiger partial charge in [-0.25, -0.2) is 14.2 Å². The van der Waals surface area contributed by atoms with Gasteiger partial charge in [0.25, 0.3) is 0 Å². The number of aromatic nitrogens is 6. The van der Waals surface area contributed by atoms with E-state index in [9.17, 15) is 9.18 Å². The molecule has 0 unspecified atom stereocenters. The molecule has 1 saturated heterocycles. The van der Waals surface area contributed by atoms with Crippen LogP contribution in [0, 0.1) is 0 Å². The number of hydrogen-bond donors (Lipinski definition) is 0. The van der Waals surface area contributed by atoms with Crippen LogP contribution in [0.5, 0.6) is 0 Å². The summed E-state index contributed by atoms with van der Waals surface area (Å²) in [6, 6.07) is 8.05. The van der Waals surface area contributed by atoms with Gasteiger partial charge in [0.1, 0.15) is 12.5 Å². The molecule has 0 amide bonds. The molecule has 1 fully saturated rings. The predicted octanol–water partition coefficient (Wildman–Crippen LogP) is 4.22. The van der Waals surface area contributed by atoms with E-state index in [2.05, 4.69) is 41.4 Å². The third-order valence-corrected chi connectivity index (χ3v) is 7.65. The van der Waals surface area contributed by atoms with Crippen LogP contribution in [0.25, 0.3) is 38.9 Å². The predicted molar refractivity (Wildman–Crippen MR) is 152 cm³/mol. The lowest BCUT2D eigenvalue weighted by Gasteiger charge is -2.30. The van der Waals surface area contributed by atoms with Crippen molar-refractivity contribution in [2.75, 3.05) is 31.2 Å². The number of aryl methyl sites for hydroxylation is 3. The molecule has 4 heterocycles. The molecule has 0 atom stereocenters. The average Bonchev–Trinajstić information content (AvgIpc) is 3.59. The summed E-state index contributed by atoms with van der Waals surface area (Å²) in [4.78, 5) is 20.4. The highest BCUT2D eigenvalue weighted by Crippen LogP contribution is 2.37. The highest BCUT2D eigenvalue weighted by Gasteiger charge is 2.27. The summed E-state index contributed by atoms with van der Waals surface area (Å²) in [7, 11) is 5.47. The van der Waals surface area contributed by atoms with Gasteiger partial charge in [-0.1, -0.05) is 20.8 Å². The number of rotatable bonds is 4. The maximum absolute atomic E-state index is 14.5. The third-order valence-electron chi connectivity index (χ3n) is 7.65. The fraction of sp³-hybridized carbons (Fsp3) is 0.414. The van der Waals surface area contributed by atoms with Gasteiger partial charge in [0, 0.05) is 51.4 Å². The van der Waals surface area contributed by atoms with Gasteiger partial charge in [-0.15, -0.1) is 0 Å². The smallest absolute Gasteiger partial charge is 0.328 e. The first-order chi connectivity index (χ1) is 18.6. The van der Waals surface area contributed by atoms with Crippen molar-refractivity contribution in [1.82, 2.24) is 28.5 Å². The van der Waals surface area contributed by atoms with Gasteiger partial charge in [-0.3, -0.25) is 18.4 Å². The molecule has 1 aliphatic rings. The number of benzene rings is 2. The van der Waals surface area contributed by atoms with Crippen molar-refractivity contribution < 1.29 is 9.13 Å². The summed E-state index contributed by atoms with van der Waals surface area (Å²) >= 11 is 0. The Hall–Kier alpha value is -3.92. The van der Waals surface area contributed by atoms with Crippen molar-refractivity contribution in [1.29, 1.82) is 0 Å². The summed E-state index contributed by atoms with van der Waals surface area (Å²) < 4.78 is 27.3. The quantitative estimate of drug-likeness (QED) is 0.347. The lowest BCUT2D eigenvalue weighted by Crippen LogP contribution is -2.36. The molecule has 9 nitrogen and oxygen atoms in total. The fourth-order valence-electron chi connectivity index (χ4n) is 5.66. The monoisotopic (exact) mass is 531 g/mol. The molecule has 5 aromatic rings. The van der Waals surface area contributed by atoms with Crippen LogP contribution in [0.15, 0.2) is 41.5 Å². The summed E-state index contributed by atoms with van der Waals surface area (Å²) in [6.07, 6.45) is 3.64. The molecule has 39 heavy (non-hydrogen) atoms. The number of ether oxygens (including phenoxy) is 1. The second-order valence-corrected chi connectivity index (χ2v) is 11.4. The third kappa shape index (κ3) is 4.05. The molecule has 3 aromatic heterocycles. The Morgan fingerprint density at radius 2 is 1.74 bits per heavy atom. The van der Waals surface area contributed by atoms with Gasteiger partial charge in [-0.2, -0.15) is 5.10 Å². The van der Waals surface area contributed by atoms with Crippen LogP contribution in [0.4, 0.5) is 10.1 Å². The summed E-state index contributed by atoms with van der Waals surface area (Å²) in [5, 5.41) is 4.28. The van der Waals surface area contributed by atoms with Crippen molar-refractivity contribution >= 4 is 27.8 Å². The Labute approximate surface area is 226 Å². The van der Waals surface area contributed by atoms with Crippen molar-refractivity contribution in [3.05, 3.63) is 58.5 Å². The normalized spacial score (nSPS) is 14.7. The molecule has 10 heteroatoms. The first kappa shape index (κ1) is 25.4. The molecule has 1 aliphatic heterocycles. The van der Waals surface area contributed by atoms with Crippen LogP contribution in [0.1, 0.15) is 32.2 Å². The second-order valence-electron chi connectivity index (χ2n) is 11.4. The minimum atomic E-state index is -0.610. The zero-order valence-corrected chi connectivity index (χ0v) is 23.3. The number of imidazole rings is 2. The molecule has 0 radical (unpaired) electrons. The van der Waals surface area contributed by atoms with Gasteiger partial charge < -0.3 is 9.64 Å². The lowest BCUT2D eigenvalue weighted by molar-refractivity contribution is 0.123. The van der Waals surface area contributed by atoms with Gasteiger partial charge in [0.15, 0.2) is 0 Å². The van der Waals surface area contributed by atoms with Crippen LogP contribution >= 0.6 is 0 Å². The lowest BCUT2D eigenvalue weighted by atomic mass is 9.95. The molecular weight excluding hydrogens is 497 g/mol. The van der Waals surface area contributed by atoms with Crippen LogP contribution in [0.2, 0.25) is 0 Å². The Bertz CT molecular complexity index is 1780. The number of hydrogen-bond acceptors (Lipinski definition) is 5. The Kier molecular flexibility index (Phi) is 5.91.